The highest BCUT2D eigenvalue weighted by Gasteiger charge is 2.08. The molecule has 0 saturated carbocycles. The summed E-state index contributed by atoms with van der Waals surface area (Å²) in [6.45, 7) is 4.63. The minimum atomic E-state index is -0.156. The number of rotatable bonds is 4. The second-order valence-electron chi connectivity index (χ2n) is 3.70. The fourth-order valence-electron chi connectivity index (χ4n) is 1.29. The largest absolute Gasteiger partial charge is 0.358 e. The Kier molecular flexibility index (Phi) is 6.77. The van der Waals surface area contributed by atoms with Crippen LogP contribution in [0.3, 0.4) is 0 Å². The number of nitrogens with one attached hydrogen (secondary N) is 2. The van der Waals surface area contributed by atoms with E-state index in [2.05, 4.69) is 41.8 Å². The summed E-state index contributed by atoms with van der Waals surface area (Å²) in [7, 11) is 1.65. The molecule has 0 aliphatic rings. The summed E-state index contributed by atoms with van der Waals surface area (Å²) < 4.78 is 0. The third-order valence-corrected chi connectivity index (χ3v) is 2.37. The number of amides is 1. The molecule has 0 unspecified atom stereocenters. The smallest absolute Gasteiger partial charge is 0.236 e. The van der Waals surface area contributed by atoms with Gasteiger partial charge in [-0.15, -0.1) is 12.4 Å². The normalized spacial score (nSPS) is 11.4. The van der Waals surface area contributed by atoms with E-state index in [4.69, 9.17) is 0 Å². The maximum Gasteiger partial charge on any atom is 0.236 e. The molecule has 0 fully saturated rings. The number of carbonyl (C=O) groups is 1. The quantitative estimate of drug-likeness (QED) is 0.843. The van der Waals surface area contributed by atoms with Crippen LogP contribution in [0.25, 0.3) is 0 Å². The molecule has 0 bridgehead atoms. The first-order valence-corrected chi connectivity index (χ1v) is 5.14. The molecule has 1 atom stereocenters. The molecule has 2 N–H and O–H groups in total. The summed E-state index contributed by atoms with van der Waals surface area (Å²) in [5.41, 5.74) is 2.44. The molecule has 90 valence electrons. The van der Waals surface area contributed by atoms with Gasteiger partial charge in [0.05, 0.1) is 6.04 Å². The van der Waals surface area contributed by atoms with E-state index in [1.165, 1.54) is 11.1 Å². The highest BCUT2D eigenvalue weighted by atomic mass is 35.5. The molecule has 0 radical (unpaired) electrons. The Balaban J connectivity index is 0.00000225. The minimum absolute atomic E-state index is 0. The van der Waals surface area contributed by atoms with Crippen LogP contribution in [0.1, 0.15) is 18.1 Å². The lowest BCUT2D eigenvalue weighted by Gasteiger charge is -2.12. The molecule has 0 aromatic heterocycles. The van der Waals surface area contributed by atoms with Crippen molar-refractivity contribution in [2.75, 3.05) is 7.05 Å². The molecule has 1 aromatic carbocycles. The molecule has 1 aromatic rings. The van der Waals surface area contributed by atoms with Gasteiger partial charge >= 0.3 is 0 Å². The highest BCUT2D eigenvalue weighted by Crippen LogP contribution is 2.02. The molecule has 0 aliphatic heterocycles. The zero-order valence-electron chi connectivity index (χ0n) is 9.91. The van der Waals surface area contributed by atoms with Gasteiger partial charge in [-0.3, -0.25) is 4.79 Å². The van der Waals surface area contributed by atoms with Crippen molar-refractivity contribution in [1.29, 1.82) is 0 Å². The fourth-order valence-corrected chi connectivity index (χ4v) is 1.29. The predicted molar refractivity (Wildman–Crippen MR) is 68.8 cm³/mol. The van der Waals surface area contributed by atoms with Crippen molar-refractivity contribution in [2.45, 2.75) is 26.4 Å². The molecule has 0 saturated heterocycles. The van der Waals surface area contributed by atoms with E-state index >= 15 is 0 Å². The van der Waals surface area contributed by atoms with E-state index in [1.54, 1.807) is 7.05 Å². The number of hydrogen-bond acceptors (Lipinski definition) is 2. The molecule has 16 heavy (non-hydrogen) atoms. The van der Waals surface area contributed by atoms with Crippen molar-refractivity contribution in [3.8, 4) is 0 Å². The second kappa shape index (κ2) is 7.25. The van der Waals surface area contributed by atoms with Crippen LogP contribution >= 0.6 is 12.4 Å². The van der Waals surface area contributed by atoms with E-state index in [0.717, 1.165) is 6.54 Å². The summed E-state index contributed by atoms with van der Waals surface area (Å²) in [6.07, 6.45) is 0. The fraction of sp³-hybridized carbons (Fsp3) is 0.417. The standard InChI is InChI=1S/C12H18N2O.ClH/c1-9-4-6-11(7-5-9)8-14-10(2)12(15)13-3;/h4-7,10,14H,8H2,1-3H3,(H,13,15);1H/t10-;/m1./s1. The van der Waals surface area contributed by atoms with Gasteiger partial charge in [-0.1, -0.05) is 29.8 Å². The first-order chi connectivity index (χ1) is 7.13. The first kappa shape index (κ1) is 14.9. The van der Waals surface area contributed by atoms with E-state index in [0.29, 0.717) is 0 Å². The van der Waals surface area contributed by atoms with Crippen LogP contribution in [0, 0.1) is 6.92 Å². The van der Waals surface area contributed by atoms with Gasteiger partial charge in [-0.05, 0) is 19.4 Å². The van der Waals surface area contributed by atoms with Crippen LogP contribution < -0.4 is 10.6 Å². The monoisotopic (exact) mass is 242 g/mol. The third kappa shape index (κ3) is 4.64. The van der Waals surface area contributed by atoms with Crippen LogP contribution in [-0.4, -0.2) is 19.0 Å². The number of carbonyl (C=O) groups excluding carboxylic acids is 1. The van der Waals surface area contributed by atoms with Gasteiger partial charge in [0.15, 0.2) is 0 Å². The van der Waals surface area contributed by atoms with Crippen LogP contribution in [0.5, 0.6) is 0 Å². The van der Waals surface area contributed by atoms with Crippen LogP contribution in [0.4, 0.5) is 0 Å². The average molecular weight is 243 g/mol. The zero-order chi connectivity index (χ0) is 11.3. The Bertz CT molecular complexity index is 324. The number of benzene rings is 1. The molecule has 0 heterocycles. The maximum atomic E-state index is 11.2. The third-order valence-electron chi connectivity index (χ3n) is 2.37. The molecular formula is C12H19ClN2O. The first-order valence-electron chi connectivity index (χ1n) is 5.14. The zero-order valence-corrected chi connectivity index (χ0v) is 10.7. The second-order valence-corrected chi connectivity index (χ2v) is 3.70. The van der Waals surface area contributed by atoms with Crippen molar-refractivity contribution in [2.24, 2.45) is 0 Å². The SMILES string of the molecule is CNC(=O)[C@@H](C)NCc1ccc(C)cc1.Cl. The Hall–Kier alpha value is -1.06. The van der Waals surface area contributed by atoms with E-state index in [-0.39, 0.29) is 24.4 Å². The lowest BCUT2D eigenvalue weighted by Crippen LogP contribution is -2.40. The molecule has 1 rings (SSSR count). The Morgan fingerprint density at radius 2 is 1.88 bits per heavy atom. The van der Waals surface area contributed by atoms with Crippen molar-refractivity contribution in [3.05, 3.63) is 35.4 Å². The Morgan fingerprint density at radius 1 is 1.31 bits per heavy atom. The lowest BCUT2D eigenvalue weighted by molar-refractivity contribution is -0.122. The Morgan fingerprint density at radius 3 is 2.38 bits per heavy atom. The number of aryl methyl sites for hydroxylation is 1. The average Bonchev–Trinajstić information content (AvgIpc) is 2.26. The van der Waals surface area contributed by atoms with E-state index in [9.17, 15) is 4.79 Å². The molecule has 1 amide bonds. The molecule has 0 spiro atoms. The van der Waals surface area contributed by atoms with Gasteiger partial charge in [0.2, 0.25) is 5.91 Å². The van der Waals surface area contributed by atoms with Crippen molar-refractivity contribution >= 4 is 18.3 Å². The summed E-state index contributed by atoms with van der Waals surface area (Å²) >= 11 is 0. The Labute approximate surface area is 103 Å². The summed E-state index contributed by atoms with van der Waals surface area (Å²) in [6, 6.07) is 8.12. The van der Waals surface area contributed by atoms with Gasteiger partial charge in [0.25, 0.3) is 0 Å². The number of halogens is 1. The number of hydrogen-bond donors (Lipinski definition) is 2. The van der Waals surface area contributed by atoms with E-state index < -0.39 is 0 Å². The van der Waals surface area contributed by atoms with Crippen LogP contribution in [0.2, 0.25) is 0 Å². The van der Waals surface area contributed by atoms with E-state index in [1.807, 2.05) is 6.92 Å². The molecule has 4 heteroatoms. The van der Waals surface area contributed by atoms with Crippen molar-refractivity contribution in [3.63, 3.8) is 0 Å². The molecular weight excluding hydrogens is 224 g/mol. The maximum absolute atomic E-state index is 11.2. The molecule has 3 nitrogen and oxygen atoms in total. The van der Waals surface area contributed by atoms with Gasteiger partial charge in [-0.2, -0.15) is 0 Å². The van der Waals surface area contributed by atoms with Crippen LogP contribution in [-0.2, 0) is 11.3 Å². The van der Waals surface area contributed by atoms with Gasteiger partial charge in [-0.25, -0.2) is 0 Å². The lowest BCUT2D eigenvalue weighted by atomic mass is 10.1. The number of likely N-dealkylation sites (N-methyl/N-ethyl adjacent to an activating group) is 1. The summed E-state index contributed by atoms with van der Waals surface area (Å²) in [5, 5.41) is 5.77. The highest BCUT2D eigenvalue weighted by molar-refractivity contribution is 5.85. The van der Waals surface area contributed by atoms with Gasteiger partial charge < -0.3 is 10.6 Å². The van der Waals surface area contributed by atoms with Crippen LogP contribution in [0.15, 0.2) is 24.3 Å². The predicted octanol–water partition coefficient (Wildman–Crippen LogP) is 1.64. The van der Waals surface area contributed by atoms with Crippen molar-refractivity contribution < 1.29 is 4.79 Å². The van der Waals surface area contributed by atoms with Crippen molar-refractivity contribution in [1.82, 2.24) is 10.6 Å². The summed E-state index contributed by atoms with van der Waals surface area (Å²) in [5.74, 6) is 0.0158. The summed E-state index contributed by atoms with van der Waals surface area (Å²) in [4.78, 5) is 11.2. The molecule has 0 aliphatic carbocycles. The topological polar surface area (TPSA) is 41.1 Å². The minimum Gasteiger partial charge on any atom is -0.358 e. The van der Waals surface area contributed by atoms with Gasteiger partial charge in [0.1, 0.15) is 0 Å². The van der Waals surface area contributed by atoms with Gasteiger partial charge in [0, 0.05) is 13.6 Å².